The van der Waals surface area contributed by atoms with Gasteiger partial charge in [0.25, 0.3) is 0 Å². The lowest BCUT2D eigenvalue weighted by Crippen LogP contribution is -2.04. The van der Waals surface area contributed by atoms with E-state index in [0.717, 1.165) is 34.9 Å². The predicted octanol–water partition coefficient (Wildman–Crippen LogP) is 2.90. The number of rotatable bonds is 7. The largest absolute Gasteiger partial charge is 0.371 e. The zero-order valence-electron chi connectivity index (χ0n) is 13.8. The van der Waals surface area contributed by atoms with Crippen molar-refractivity contribution >= 4 is 31.9 Å². The van der Waals surface area contributed by atoms with E-state index in [1.54, 1.807) is 10.9 Å². The van der Waals surface area contributed by atoms with Crippen LogP contribution in [0, 0.1) is 10.1 Å². The molecule has 10 heteroatoms. The molecule has 0 saturated carbocycles. The summed E-state index contributed by atoms with van der Waals surface area (Å²) in [6, 6.07) is 10.8. The van der Waals surface area contributed by atoms with E-state index in [2.05, 4.69) is 10.4 Å². The lowest BCUT2D eigenvalue weighted by Gasteiger charge is -2.02. The molecule has 0 aliphatic rings. The number of sulfone groups is 1. The van der Waals surface area contributed by atoms with Gasteiger partial charge in [-0.2, -0.15) is 5.10 Å². The Bertz CT molecular complexity index is 1030. The number of nitrogens with one attached hydrogen (secondary N) is 1. The summed E-state index contributed by atoms with van der Waals surface area (Å²) in [4.78, 5) is 10.5. The Labute approximate surface area is 154 Å². The molecule has 3 aromatic rings. The average molecular weight is 392 g/mol. The third-order valence-corrected chi connectivity index (χ3v) is 6.49. The zero-order chi connectivity index (χ0) is 18.7. The van der Waals surface area contributed by atoms with Crippen molar-refractivity contribution in [1.29, 1.82) is 0 Å². The van der Waals surface area contributed by atoms with Crippen molar-refractivity contribution in [1.82, 2.24) is 9.78 Å². The average Bonchev–Trinajstić information content (AvgIpc) is 3.22. The van der Waals surface area contributed by atoms with Gasteiger partial charge in [0.05, 0.1) is 16.8 Å². The third kappa shape index (κ3) is 4.09. The highest BCUT2D eigenvalue weighted by atomic mass is 32.2. The Morgan fingerprint density at radius 3 is 2.69 bits per heavy atom. The van der Waals surface area contributed by atoms with Crippen molar-refractivity contribution in [3.05, 3.63) is 64.5 Å². The molecule has 8 nitrogen and oxygen atoms in total. The van der Waals surface area contributed by atoms with Crippen LogP contribution in [0.1, 0.15) is 5.56 Å². The Morgan fingerprint density at radius 2 is 2.04 bits per heavy atom. The van der Waals surface area contributed by atoms with Crippen LogP contribution < -0.4 is 5.32 Å². The molecule has 0 aliphatic carbocycles. The molecular weight excluding hydrogens is 376 g/mol. The van der Waals surface area contributed by atoms with Crippen molar-refractivity contribution < 1.29 is 13.3 Å². The summed E-state index contributed by atoms with van der Waals surface area (Å²) in [5.74, 6) is 0. The fraction of sp³-hybridized carbons (Fsp3) is 0.188. The van der Waals surface area contributed by atoms with Gasteiger partial charge in [0, 0.05) is 25.1 Å². The first-order chi connectivity index (χ1) is 12.3. The van der Waals surface area contributed by atoms with Gasteiger partial charge < -0.3 is 5.32 Å². The molecule has 0 aliphatic heterocycles. The molecule has 0 bridgehead atoms. The summed E-state index contributed by atoms with van der Waals surface area (Å²) < 4.78 is 24.9. The minimum absolute atomic E-state index is 0.0244. The molecule has 0 radical (unpaired) electrons. The molecule has 26 heavy (non-hydrogen) atoms. The number of nitro groups is 1. The van der Waals surface area contributed by atoms with Gasteiger partial charge in [-0.25, -0.2) is 13.1 Å². The molecule has 0 unspecified atom stereocenters. The maximum absolute atomic E-state index is 11.6. The van der Waals surface area contributed by atoms with Crippen LogP contribution >= 0.6 is 11.3 Å². The molecule has 1 N–H and O–H groups in total. The van der Waals surface area contributed by atoms with Crippen LogP contribution in [0.5, 0.6) is 0 Å². The van der Waals surface area contributed by atoms with Gasteiger partial charge in [0.2, 0.25) is 0 Å². The van der Waals surface area contributed by atoms with Crippen LogP contribution in [0.25, 0.3) is 5.69 Å². The minimum Gasteiger partial charge on any atom is -0.371 e. The van der Waals surface area contributed by atoms with Gasteiger partial charge in [-0.3, -0.25) is 10.1 Å². The summed E-state index contributed by atoms with van der Waals surface area (Å²) in [5, 5.41) is 18.6. The Hall–Kier alpha value is -2.72. The maximum atomic E-state index is 11.6. The lowest BCUT2D eigenvalue weighted by atomic mass is 10.2. The molecule has 0 fully saturated rings. The first-order valence-electron chi connectivity index (χ1n) is 7.66. The van der Waals surface area contributed by atoms with Crippen LogP contribution in [0.4, 0.5) is 10.7 Å². The van der Waals surface area contributed by atoms with Gasteiger partial charge in [0.15, 0.2) is 14.8 Å². The number of thiophene rings is 1. The Kier molecular flexibility index (Phi) is 5.05. The number of aromatic nitrogens is 2. The van der Waals surface area contributed by atoms with E-state index < -0.39 is 14.8 Å². The summed E-state index contributed by atoms with van der Waals surface area (Å²) in [5.41, 5.74) is 1.68. The Balaban J connectivity index is 1.68. The highest BCUT2D eigenvalue weighted by Gasteiger charge is 2.23. The third-order valence-electron chi connectivity index (χ3n) is 3.61. The van der Waals surface area contributed by atoms with Crippen molar-refractivity contribution in [3.8, 4) is 5.69 Å². The number of anilines is 1. The fourth-order valence-electron chi connectivity index (χ4n) is 2.34. The first-order valence-corrected chi connectivity index (χ1v) is 10.4. The van der Waals surface area contributed by atoms with E-state index in [1.165, 1.54) is 0 Å². The summed E-state index contributed by atoms with van der Waals surface area (Å²) in [7, 11) is -3.48. The predicted molar refractivity (Wildman–Crippen MR) is 99.8 cm³/mol. The molecule has 0 spiro atoms. The molecule has 0 amide bonds. The van der Waals surface area contributed by atoms with Crippen molar-refractivity contribution in [3.63, 3.8) is 0 Å². The van der Waals surface area contributed by atoms with Crippen molar-refractivity contribution in [2.24, 2.45) is 0 Å². The highest BCUT2D eigenvalue weighted by Crippen LogP contribution is 2.36. The lowest BCUT2D eigenvalue weighted by molar-refractivity contribution is -0.383. The number of hydrogen-bond donors (Lipinski definition) is 1. The summed E-state index contributed by atoms with van der Waals surface area (Å²) >= 11 is 0.870. The smallest absolute Gasteiger partial charge is 0.304 e. The molecule has 136 valence electrons. The molecule has 2 aromatic heterocycles. The molecular formula is C16H16N4O4S2. The van der Waals surface area contributed by atoms with E-state index in [9.17, 15) is 18.5 Å². The van der Waals surface area contributed by atoms with Crippen LogP contribution in [-0.4, -0.2) is 35.9 Å². The van der Waals surface area contributed by atoms with Crippen molar-refractivity contribution in [2.45, 2.75) is 10.6 Å². The second-order valence-corrected chi connectivity index (χ2v) is 8.91. The van der Waals surface area contributed by atoms with E-state index in [0.29, 0.717) is 13.0 Å². The molecule has 1 aromatic carbocycles. The maximum Gasteiger partial charge on any atom is 0.304 e. The minimum atomic E-state index is -3.48. The number of nitrogens with zero attached hydrogens (tertiary/aromatic N) is 3. The van der Waals surface area contributed by atoms with E-state index in [1.807, 2.05) is 36.5 Å². The van der Waals surface area contributed by atoms with Crippen molar-refractivity contribution in [2.75, 3.05) is 18.1 Å². The van der Waals surface area contributed by atoms with Gasteiger partial charge >= 0.3 is 5.69 Å². The molecule has 0 atom stereocenters. The normalized spacial score (nSPS) is 11.4. The highest BCUT2D eigenvalue weighted by molar-refractivity contribution is 7.92. The monoisotopic (exact) mass is 392 g/mol. The Morgan fingerprint density at radius 1 is 1.31 bits per heavy atom. The van der Waals surface area contributed by atoms with E-state index >= 15 is 0 Å². The topological polar surface area (TPSA) is 107 Å². The summed E-state index contributed by atoms with van der Waals surface area (Å²) in [6.45, 7) is 0.422. The number of hydrogen-bond acceptors (Lipinski definition) is 7. The van der Waals surface area contributed by atoms with Crippen LogP contribution in [-0.2, 0) is 16.3 Å². The molecule has 2 heterocycles. The van der Waals surface area contributed by atoms with E-state index in [-0.39, 0.29) is 14.9 Å². The van der Waals surface area contributed by atoms with Gasteiger partial charge in [-0.1, -0.05) is 29.5 Å². The zero-order valence-corrected chi connectivity index (χ0v) is 15.5. The van der Waals surface area contributed by atoms with Crippen LogP contribution in [0.3, 0.4) is 0 Å². The first kappa shape index (κ1) is 18.1. The summed E-state index contributed by atoms with van der Waals surface area (Å²) in [6.07, 6.45) is 5.25. The second-order valence-electron chi connectivity index (χ2n) is 5.61. The molecule has 0 saturated heterocycles. The number of para-hydroxylation sites is 1. The van der Waals surface area contributed by atoms with Gasteiger partial charge in [-0.15, -0.1) is 0 Å². The van der Waals surface area contributed by atoms with Crippen LogP contribution in [0.2, 0.25) is 0 Å². The van der Waals surface area contributed by atoms with E-state index in [4.69, 9.17) is 0 Å². The van der Waals surface area contributed by atoms with Gasteiger partial charge in [-0.05, 0) is 24.1 Å². The van der Waals surface area contributed by atoms with Crippen LogP contribution in [0.15, 0.2) is 53.0 Å². The van der Waals surface area contributed by atoms with Gasteiger partial charge in [0.1, 0.15) is 4.21 Å². The quantitative estimate of drug-likeness (QED) is 0.489. The number of benzene rings is 1. The standard InChI is InChI=1S/C16H16N4O4S2/c1-26(23,24)15-9-14(20(21)22)16(25-15)17-8-7-12-10-18-19(11-12)13-5-3-2-4-6-13/h2-6,9-11,17H,7-8H2,1H3. The SMILES string of the molecule is CS(=O)(=O)c1cc([N+](=O)[O-])c(NCCc2cnn(-c3ccccc3)c2)s1. The fourth-order valence-corrected chi connectivity index (χ4v) is 4.30. The second kappa shape index (κ2) is 7.26. The molecule has 3 rings (SSSR count).